The van der Waals surface area contributed by atoms with Gasteiger partial charge >= 0.3 is 99.2 Å². The maximum absolute atomic E-state index is 3.45. The van der Waals surface area contributed by atoms with Gasteiger partial charge in [0.2, 0.25) is 0 Å². The maximum atomic E-state index is 3.45. The molecule has 2 aliphatic carbocycles. The number of allylic oxidation sites excluding steroid dienone is 4. The summed E-state index contributed by atoms with van der Waals surface area (Å²) in [4.78, 5) is 0. The van der Waals surface area contributed by atoms with Gasteiger partial charge in [-0.1, -0.05) is 94.5 Å². The molecule has 0 saturated heterocycles. The Morgan fingerprint density at radius 3 is 1.95 bits per heavy atom. The molecule has 0 nitrogen and oxygen atoms in total. The first-order valence-electron chi connectivity index (χ1n) is 15.3. The normalized spacial score (nSPS) is 13.9. The predicted octanol–water partition coefficient (Wildman–Crippen LogP) is 4.62. The molecule has 44 heavy (non-hydrogen) atoms. The van der Waals surface area contributed by atoms with Crippen molar-refractivity contribution in [3.05, 3.63) is 154 Å². The molecule has 0 bridgehead atoms. The molecule has 0 fully saturated rings. The molecule has 0 aliphatic heterocycles. The molecule has 4 aromatic carbocycles. The minimum absolute atomic E-state index is 0. The molecule has 0 aromatic heterocycles. The van der Waals surface area contributed by atoms with Crippen molar-refractivity contribution in [2.45, 2.75) is 67.2 Å². The van der Waals surface area contributed by atoms with Crippen LogP contribution in [-0.4, -0.2) is 3.21 Å². The van der Waals surface area contributed by atoms with Gasteiger partial charge in [0.05, 0.1) is 0 Å². The average molecular weight is 699 g/mol. The summed E-state index contributed by atoms with van der Waals surface area (Å²) in [5, 5.41) is 0. The molecule has 0 spiro atoms. The van der Waals surface area contributed by atoms with Gasteiger partial charge in [-0.05, 0) is 18.9 Å². The zero-order valence-corrected chi connectivity index (χ0v) is 30.9. The summed E-state index contributed by atoms with van der Waals surface area (Å²) in [7, 11) is 0. The number of unbranched alkanes of at least 4 members (excludes halogenated alkanes) is 1. The van der Waals surface area contributed by atoms with Crippen molar-refractivity contribution in [1.82, 2.24) is 0 Å². The average Bonchev–Trinajstić information content (AvgIpc) is 3.61. The summed E-state index contributed by atoms with van der Waals surface area (Å²) < 4.78 is 1.42. The molecule has 1 atom stereocenters. The van der Waals surface area contributed by atoms with E-state index < -0.39 is 0 Å². The fourth-order valence-electron chi connectivity index (χ4n) is 5.31. The fourth-order valence-corrected chi connectivity index (χ4v) is 6.13. The van der Waals surface area contributed by atoms with Crippen molar-refractivity contribution in [3.8, 4) is 11.1 Å². The van der Waals surface area contributed by atoms with E-state index in [1.807, 2.05) is 0 Å². The number of hydrogen-bond acceptors (Lipinski definition) is 0. The van der Waals surface area contributed by atoms with Gasteiger partial charge in [0.15, 0.2) is 0 Å². The summed E-state index contributed by atoms with van der Waals surface area (Å²) >= 11 is 1.46. The zero-order valence-electron chi connectivity index (χ0n) is 27.0. The molecule has 0 N–H and O–H groups in total. The molecule has 0 saturated carbocycles. The first kappa shape index (κ1) is 37.9. The second-order valence-corrected chi connectivity index (χ2v) is 13.6. The van der Waals surface area contributed by atoms with Crippen LogP contribution in [0.15, 0.2) is 109 Å². The topological polar surface area (TPSA) is 0 Å². The Morgan fingerprint density at radius 1 is 0.818 bits per heavy atom. The molecular weight excluding hydrogens is 655 g/mol. The monoisotopic (exact) mass is 696 g/mol. The summed E-state index contributed by atoms with van der Waals surface area (Å²) in [5.41, 5.74) is 12.6. The van der Waals surface area contributed by atoms with E-state index in [1.165, 1.54) is 96.8 Å². The Kier molecular flexibility index (Phi) is 15.5. The molecule has 6 rings (SSSR count). The van der Waals surface area contributed by atoms with Gasteiger partial charge in [-0.15, -0.1) is 11.1 Å². The SMILES string of the molecule is CCCCC1[C-]=CC(C(C)(C)C)=C1.Cc1[c-]c2c(cc1)-c1ccc(C)cc1C2.[Cl-].[Cl-].[Zr+2]=[C](c1ccccc1)c1ccccc1. The summed E-state index contributed by atoms with van der Waals surface area (Å²) in [6, 6.07) is 35.6. The van der Waals surface area contributed by atoms with Crippen molar-refractivity contribution >= 4 is 3.21 Å². The van der Waals surface area contributed by atoms with E-state index in [-0.39, 0.29) is 24.8 Å². The van der Waals surface area contributed by atoms with Crippen LogP contribution in [0.5, 0.6) is 0 Å². The van der Waals surface area contributed by atoms with Crippen LogP contribution >= 0.6 is 0 Å². The van der Waals surface area contributed by atoms with Gasteiger partial charge in [0.25, 0.3) is 0 Å². The summed E-state index contributed by atoms with van der Waals surface area (Å²) in [6.07, 6.45) is 12.9. The zero-order chi connectivity index (χ0) is 30.1. The molecule has 0 amide bonds. The van der Waals surface area contributed by atoms with Gasteiger partial charge in [-0.2, -0.15) is 35.4 Å². The molecule has 2 aliphatic rings. The van der Waals surface area contributed by atoms with Crippen molar-refractivity contribution in [1.29, 1.82) is 0 Å². The molecule has 4 aromatic rings. The van der Waals surface area contributed by atoms with Gasteiger partial charge < -0.3 is 24.8 Å². The first-order chi connectivity index (χ1) is 20.2. The van der Waals surface area contributed by atoms with Gasteiger partial charge in [0, 0.05) is 0 Å². The third-order valence-corrected chi connectivity index (χ3v) is 9.20. The van der Waals surface area contributed by atoms with E-state index in [9.17, 15) is 0 Å². The van der Waals surface area contributed by atoms with E-state index >= 15 is 0 Å². The number of hydrogen-bond donors (Lipinski definition) is 0. The van der Waals surface area contributed by atoms with Crippen LogP contribution in [0.1, 0.15) is 80.3 Å². The Hall–Kier alpha value is -2.31. The number of rotatable bonds is 5. The predicted molar refractivity (Wildman–Crippen MR) is 177 cm³/mol. The Labute approximate surface area is 294 Å². The first-order valence-corrected chi connectivity index (χ1v) is 16.5. The number of benzene rings is 4. The molecule has 228 valence electrons. The summed E-state index contributed by atoms with van der Waals surface area (Å²) in [6.45, 7) is 13.3. The van der Waals surface area contributed by atoms with E-state index in [0.717, 1.165) is 6.42 Å². The minimum atomic E-state index is 0. The third-order valence-electron chi connectivity index (χ3n) is 7.78. The van der Waals surface area contributed by atoms with Crippen LogP contribution in [0.4, 0.5) is 0 Å². The standard InChI is InChI=1S/C15H13.C13H10.C13H21.2ClH.Zr/c1-10-3-5-14-12(7-10)9-13-8-11(2)4-6-15(13)14;1-3-7-12(8-4-1)11-13-9-5-2-6-10-13;1-5-6-7-11-8-9-12(10-11)13(2,3)4;;;/h3-7H,9H2,1-2H3;1-10H;9-11H,5-7H2,1-4H3;2*1H;/q-1;;-1;;;+2/p-2. The quantitative estimate of drug-likeness (QED) is 0.235. The third kappa shape index (κ3) is 10.7. The molecule has 1 unspecified atom stereocenters. The fraction of sp³-hybridized carbons (Fsp3) is 0.293. The molecule has 3 heteroatoms. The van der Waals surface area contributed by atoms with E-state index in [4.69, 9.17) is 0 Å². The van der Waals surface area contributed by atoms with E-state index in [2.05, 4.69) is 157 Å². The van der Waals surface area contributed by atoms with Crippen LogP contribution in [0.3, 0.4) is 0 Å². The Bertz CT molecular complexity index is 1450. The van der Waals surface area contributed by atoms with E-state index in [0.29, 0.717) is 11.3 Å². The van der Waals surface area contributed by atoms with Crippen LogP contribution < -0.4 is 24.8 Å². The second kappa shape index (κ2) is 18.0. The number of aryl methyl sites for hydroxylation is 2. The Morgan fingerprint density at radius 2 is 1.41 bits per heavy atom. The Balaban J connectivity index is 0.000000226. The van der Waals surface area contributed by atoms with Gasteiger partial charge in [-0.3, -0.25) is 6.08 Å². The number of halogens is 2. The van der Waals surface area contributed by atoms with Crippen LogP contribution in [-0.2, 0) is 30.7 Å². The second-order valence-electron chi connectivity index (χ2n) is 12.4. The molecular formula is C41H44Cl2Zr-2. The van der Waals surface area contributed by atoms with Crippen LogP contribution in [0.25, 0.3) is 11.1 Å². The van der Waals surface area contributed by atoms with Crippen molar-refractivity contribution in [2.24, 2.45) is 11.3 Å². The molecule has 0 heterocycles. The van der Waals surface area contributed by atoms with Crippen LogP contribution in [0, 0.1) is 37.3 Å². The van der Waals surface area contributed by atoms with Crippen molar-refractivity contribution < 1.29 is 49.0 Å². The van der Waals surface area contributed by atoms with Crippen molar-refractivity contribution in [2.75, 3.05) is 0 Å². The van der Waals surface area contributed by atoms with Gasteiger partial charge in [-0.25, -0.2) is 6.08 Å². The number of fused-ring (bicyclic) bond motifs is 3. The summed E-state index contributed by atoms with van der Waals surface area (Å²) in [5.74, 6) is 0.592. The van der Waals surface area contributed by atoms with E-state index in [1.54, 1.807) is 0 Å². The molecule has 0 radical (unpaired) electrons. The van der Waals surface area contributed by atoms with Crippen LogP contribution in [0.2, 0.25) is 0 Å². The van der Waals surface area contributed by atoms with Crippen molar-refractivity contribution in [3.63, 3.8) is 0 Å². The van der Waals surface area contributed by atoms with Gasteiger partial charge in [0.1, 0.15) is 0 Å².